The fourth-order valence-corrected chi connectivity index (χ4v) is 4.08. The number of halogens is 3. The first-order valence-corrected chi connectivity index (χ1v) is 11.0. The number of alkyl halides is 3. The van der Waals surface area contributed by atoms with Gasteiger partial charge in [0.05, 0.1) is 34.5 Å². The van der Waals surface area contributed by atoms with E-state index in [-0.39, 0.29) is 40.9 Å². The molecule has 1 aliphatic rings. The highest BCUT2D eigenvalue weighted by molar-refractivity contribution is 5.94. The zero-order valence-electron chi connectivity index (χ0n) is 19.5. The molecule has 0 aliphatic carbocycles. The Morgan fingerprint density at radius 1 is 1.23 bits per heavy atom. The number of aromatic amines is 1. The molecule has 3 aromatic heterocycles. The Balaban J connectivity index is 1.59. The molecule has 3 aromatic rings. The number of morpholine rings is 1. The number of rotatable bonds is 4. The van der Waals surface area contributed by atoms with Crippen LogP contribution >= 0.6 is 0 Å². The molecule has 1 fully saturated rings. The fraction of sp³-hybridized carbons (Fsp3) is 0.435. The van der Waals surface area contributed by atoms with Crippen LogP contribution in [-0.4, -0.2) is 56.0 Å². The third kappa shape index (κ3) is 5.26. The van der Waals surface area contributed by atoms with Gasteiger partial charge >= 0.3 is 6.18 Å². The van der Waals surface area contributed by atoms with E-state index in [9.17, 15) is 22.8 Å². The maximum absolute atomic E-state index is 13.8. The minimum atomic E-state index is -4.75. The molecule has 0 saturated carbocycles. The molecule has 1 N–H and O–H groups in total. The van der Waals surface area contributed by atoms with Crippen LogP contribution in [0.2, 0.25) is 0 Å². The second-order valence-corrected chi connectivity index (χ2v) is 8.55. The number of pyridine rings is 2. The van der Waals surface area contributed by atoms with Gasteiger partial charge in [0, 0.05) is 25.4 Å². The summed E-state index contributed by atoms with van der Waals surface area (Å²) in [5.74, 6) is -0.0466. The van der Waals surface area contributed by atoms with Crippen molar-refractivity contribution in [1.82, 2.24) is 24.8 Å². The van der Waals surface area contributed by atoms with Gasteiger partial charge in [0.1, 0.15) is 11.9 Å². The number of carbonyl (C=O) groups is 1. The first-order chi connectivity index (χ1) is 16.4. The lowest BCUT2D eigenvalue weighted by atomic mass is 10.1. The van der Waals surface area contributed by atoms with Crippen molar-refractivity contribution in [2.75, 3.05) is 13.1 Å². The standard InChI is InChI=1S/C23H24F3N5O4/c1-11-9-31(10-12(2)34-11)22(33)15-5-6-18(27-8-15)35-13(3)19-16(23(24,25)26)7-17-20(30-19)21(32)29-14(4)28-17/h5-8,11-13H,9-10H2,1-4H3,(H,28,29,32)/t11-,12+,13?. The largest absolute Gasteiger partial charge is 0.468 e. The van der Waals surface area contributed by atoms with Crippen molar-refractivity contribution in [1.29, 1.82) is 0 Å². The second kappa shape index (κ2) is 9.25. The number of nitrogens with zero attached hydrogens (tertiary/aromatic N) is 4. The van der Waals surface area contributed by atoms with Gasteiger partial charge in [-0.2, -0.15) is 13.2 Å². The van der Waals surface area contributed by atoms with E-state index in [0.717, 1.165) is 6.07 Å². The molecule has 1 aliphatic heterocycles. The predicted octanol–water partition coefficient (Wildman–Crippen LogP) is 3.43. The zero-order valence-corrected chi connectivity index (χ0v) is 19.5. The first-order valence-electron chi connectivity index (χ1n) is 11.0. The highest BCUT2D eigenvalue weighted by atomic mass is 19.4. The van der Waals surface area contributed by atoms with Crippen LogP contribution in [0.1, 0.15) is 54.3 Å². The number of aryl methyl sites for hydroxylation is 1. The molecule has 0 bridgehead atoms. The third-order valence-electron chi connectivity index (χ3n) is 5.51. The van der Waals surface area contributed by atoms with Crippen LogP contribution in [0.5, 0.6) is 5.88 Å². The highest BCUT2D eigenvalue weighted by Gasteiger charge is 2.37. The van der Waals surface area contributed by atoms with Crippen LogP contribution < -0.4 is 10.3 Å². The van der Waals surface area contributed by atoms with Gasteiger partial charge in [-0.1, -0.05) is 0 Å². The Morgan fingerprint density at radius 3 is 2.51 bits per heavy atom. The molecular formula is C23H24F3N5O4. The van der Waals surface area contributed by atoms with Crippen molar-refractivity contribution in [3.63, 3.8) is 0 Å². The van der Waals surface area contributed by atoms with Gasteiger partial charge in [-0.25, -0.2) is 15.0 Å². The Bertz CT molecular complexity index is 1300. The molecule has 1 amide bonds. The molecule has 186 valence electrons. The summed E-state index contributed by atoms with van der Waals surface area (Å²) in [6, 6.07) is 3.69. The molecule has 12 heteroatoms. The second-order valence-electron chi connectivity index (χ2n) is 8.55. The van der Waals surface area contributed by atoms with Crippen molar-refractivity contribution in [2.45, 2.75) is 52.2 Å². The summed E-state index contributed by atoms with van der Waals surface area (Å²) in [6.07, 6.45) is -4.83. The van der Waals surface area contributed by atoms with Gasteiger partial charge in [0.15, 0.2) is 5.52 Å². The van der Waals surface area contributed by atoms with Crippen LogP contribution in [0.4, 0.5) is 13.2 Å². The average Bonchev–Trinajstić information content (AvgIpc) is 2.77. The minimum Gasteiger partial charge on any atom is -0.468 e. The summed E-state index contributed by atoms with van der Waals surface area (Å²) >= 11 is 0. The van der Waals surface area contributed by atoms with Crippen LogP contribution in [-0.2, 0) is 10.9 Å². The maximum Gasteiger partial charge on any atom is 0.418 e. The summed E-state index contributed by atoms with van der Waals surface area (Å²) < 4.78 is 52.6. The third-order valence-corrected chi connectivity index (χ3v) is 5.51. The Kier molecular flexibility index (Phi) is 6.50. The summed E-state index contributed by atoms with van der Waals surface area (Å²) in [4.78, 5) is 41.1. The number of amides is 1. The molecule has 0 aromatic carbocycles. The number of H-pyrrole nitrogens is 1. The Morgan fingerprint density at radius 2 is 1.91 bits per heavy atom. The van der Waals surface area contributed by atoms with E-state index in [0.29, 0.717) is 18.7 Å². The number of hydrogen-bond acceptors (Lipinski definition) is 7. The van der Waals surface area contributed by atoms with E-state index in [1.807, 2.05) is 13.8 Å². The Labute approximate surface area is 198 Å². The molecule has 1 saturated heterocycles. The van der Waals surface area contributed by atoms with Crippen molar-refractivity contribution < 1.29 is 27.4 Å². The molecule has 1 unspecified atom stereocenters. The fourth-order valence-electron chi connectivity index (χ4n) is 4.08. The van der Waals surface area contributed by atoms with Crippen molar-refractivity contribution in [2.24, 2.45) is 0 Å². The monoisotopic (exact) mass is 491 g/mol. The van der Waals surface area contributed by atoms with E-state index in [2.05, 4.69) is 19.9 Å². The van der Waals surface area contributed by atoms with E-state index < -0.39 is 29.1 Å². The van der Waals surface area contributed by atoms with Gasteiger partial charge in [0.2, 0.25) is 5.88 Å². The predicted molar refractivity (Wildman–Crippen MR) is 119 cm³/mol. The van der Waals surface area contributed by atoms with Crippen LogP contribution in [0.15, 0.2) is 29.2 Å². The molecule has 35 heavy (non-hydrogen) atoms. The number of aromatic nitrogens is 4. The van der Waals surface area contributed by atoms with Gasteiger partial charge in [-0.05, 0) is 39.8 Å². The number of nitrogens with one attached hydrogen (secondary N) is 1. The summed E-state index contributed by atoms with van der Waals surface area (Å²) in [5.41, 5.74) is -2.25. The van der Waals surface area contributed by atoms with Crippen molar-refractivity contribution in [3.8, 4) is 5.88 Å². The summed E-state index contributed by atoms with van der Waals surface area (Å²) in [5, 5.41) is 0. The quantitative estimate of drug-likeness (QED) is 0.595. The Hall–Kier alpha value is -3.54. The van der Waals surface area contributed by atoms with Crippen molar-refractivity contribution in [3.05, 3.63) is 57.4 Å². The lowest BCUT2D eigenvalue weighted by molar-refractivity contribution is -0.139. The van der Waals surface area contributed by atoms with E-state index >= 15 is 0 Å². The lowest BCUT2D eigenvalue weighted by Crippen LogP contribution is -2.48. The summed E-state index contributed by atoms with van der Waals surface area (Å²) in [7, 11) is 0. The number of hydrogen-bond donors (Lipinski definition) is 1. The highest BCUT2D eigenvalue weighted by Crippen LogP contribution is 2.36. The van der Waals surface area contributed by atoms with Crippen LogP contribution in [0, 0.1) is 6.92 Å². The van der Waals surface area contributed by atoms with Gasteiger partial charge in [-0.15, -0.1) is 0 Å². The van der Waals surface area contributed by atoms with E-state index in [1.165, 1.54) is 32.2 Å². The molecular weight excluding hydrogens is 467 g/mol. The van der Waals surface area contributed by atoms with E-state index in [4.69, 9.17) is 9.47 Å². The summed E-state index contributed by atoms with van der Waals surface area (Å²) in [6.45, 7) is 7.49. The average molecular weight is 491 g/mol. The molecule has 0 radical (unpaired) electrons. The minimum absolute atomic E-state index is 0.00345. The SMILES string of the molecule is Cc1nc2cc(C(F)(F)F)c(C(C)Oc3ccc(C(=O)N4C[C@@H](C)O[C@@H](C)C4)cn3)nc2c(=O)[nH]1. The molecule has 9 nitrogen and oxygen atoms in total. The maximum atomic E-state index is 13.8. The molecule has 3 atom stereocenters. The van der Waals surface area contributed by atoms with Crippen molar-refractivity contribution >= 4 is 16.9 Å². The zero-order chi connectivity index (χ0) is 25.5. The van der Waals surface area contributed by atoms with Gasteiger partial charge in [-0.3, -0.25) is 9.59 Å². The number of carbonyl (C=O) groups excluding carboxylic acids is 1. The van der Waals surface area contributed by atoms with Crippen LogP contribution in [0.3, 0.4) is 0 Å². The number of fused-ring (bicyclic) bond motifs is 1. The molecule has 0 spiro atoms. The first kappa shape index (κ1) is 24.6. The van der Waals surface area contributed by atoms with E-state index in [1.54, 1.807) is 4.90 Å². The molecule has 4 rings (SSSR count). The van der Waals surface area contributed by atoms with Gasteiger partial charge in [0.25, 0.3) is 11.5 Å². The lowest BCUT2D eigenvalue weighted by Gasteiger charge is -2.35. The van der Waals surface area contributed by atoms with Gasteiger partial charge < -0.3 is 19.4 Å². The van der Waals surface area contributed by atoms with Crippen LogP contribution in [0.25, 0.3) is 11.0 Å². The number of ether oxygens (including phenoxy) is 2. The normalized spacial score (nSPS) is 19.6. The topological polar surface area (TPSA) is 110 Å². The smallest absolute Gasteiger partial charge is 0.418 e. The molecule has 4 heterocycles.